The van der Waals surface area contributed by atoms with Gasteiger partial charge < -0.3 is 9.64 Å². The Bertz CT molecular complexity index is 639. The Morgan fingerprint density at radius 1 is 1.37 bits per heavy atom. The van der Waals surface area contributed by atoms with Crippen molar-refractivity contribution >= 4 is 34.2 Å². The first kappa shape index (κ1) is 11.7. The summed E-state index contributed by atoms with van der Waals surface area (Å²) < 4.78 is 5.49. The molecule has 1 aliphatic carbocycles. The van der Waals surface area contributed by atoms with E-state index in [-0.39, 0.29) is 0 Å². The number of aliphatic imine (C=N–C) groups is 1. The fourth-order valence-corrected chi connectivity index (χ4v) is 4.46. The Hall–Kier alpha value is -1.13. The average molecular weight is 293 g/mol. The van der Waals surface area contributed by atoms with E-state index < -0.39 is 0 Å². The number of halogens is 1. The first-order valence-corrected chi connectivity index (χ1v) is 7.58. The molecule has 0 saturated heterocycles. The minimum atomic E-state index is 0.816. The monoisotopic (exact) mass is 292 g/mol. The van der Waals surface area contributed by atoms with Crippen LogP contribution >= 0.6 is 23.4 Å². The third-order valence-electron chi connectivity index (χ3n) is 3.83. The average Bonchev–Trinajstić information content (AvgIpc) is 2.99. The molecule has 0 bridgehead atoms. The van der Waals surface area contributed by atoms with Crippen LogP contribution in [-0.2, 0) is 6.42 Å². The Kier molecular flexibility index (Phi) is 2.57. The van der Waals surface area contributed by atoms with Crippen molar-refractivity contribution in [1.82, 2.24) is 4.90 Å². The maximum absolute atomic E-state index is 6.46. The highest BCUT2D eigenvalue weighted by Gasteiger charge is 2.37. The molecule has 0 atom stereocenters. The molecule has 2 heterocycles. The van der Waals surface area contributed by atoms with Crippen molar-refractivity contribution in [3.63, 3.8) is 0 Å². The van der Waals surface area contributed by atoms with Crippen molar-refractivity contribution in [1.29, 1.82) is 0 Å². The number of thioether (sulfide) groups is 1. The number of methoxy groups -OCH3 is 1. The molecule has 0 spiro atoms. The van der Waals surface area contributed by atoms with Crippen LogP contribution in [0, 0.1) is 0 Å². The van der Waals surface area contributed by atoms with E-state index in [0.29, 0.717) is 0 Å². The van der Waals surface area contributed by atoms with Crippen molar-refractivity contribution in [2.45, 2.75) is 12.8 Å². The highest BCUT2D eigenvalue weighted by molar-refractivity contribution is 8.17. The van der Waals surface area contributed by atoms with Gasteiger partial charge in [-0.15, -0.1) is 0 Å². The Balaban J connectivity index is 1.94. The Morgan fingerprint density at radius 3 is 3.11 bits per heavy atom. The van der Waals surface area contributed by atoms with Crippen molar-refractivity contribution in [3.05, 3.63) is 33.2 Å². The zero-order valence-corrected chi connectivity index (χ0v) is 12.1. The van der Waals surface area contributed by atoms with Gasteiger partial charge in [0.25, 0.3) is 0 Å². The van der Waals surface area contributed by atoms with E-state index in [1.165, 1.54) is 16.2 Å². The normalized spacial score (nSPS) is 20.1. The summed E-state index contributed by atoms with van der Waals surface area (Å²) in [7, 11) is 1.72. The van der Waals surface area contributed by atoms with E-state index in [1.54, 1.807) is 7.11 Å². The summed E-state index contributed by atoms with van der Waals surface area (Å²) in [6, 6.07) is 3.90. The summed E-state index contributed by atoms with van der Waals surface area (Å²) in [5.74, 6) is 0.945. The van der Waals surface area contributed by atoms with Gasteiger partial charge in [0.2, 0.25) is 0 Å². The summed E-state index contributed by atoms with van der Waals surface area (Å²) >= 11 is 8.27. The second-order valence-electron chi connectivity index (χ2n) is 4.79. The third kappa shape index (κ3) is 1.56. The topological polar surface area (TPSA) is 24.8 Å². The lowest BCUT2D eigenvalue weighted by molar-refractivity contribution is 0.409. The number of hydrogen-bond donors (Lipinski definition) is 0. The molecule has 98 valence electrons. The third-order valence-corrected chi connectivity index (χ3v) is 5.32. The van der Waals surface area contributed by atoms with Crippen molar-refractivity contribution in [3.8, 4) is 5.75 Å². The van der Waals surface area contributed by atoms with Gasteiger partial charge >= 0.3 is 0 Å². The summed E-state index contributed by atoms with van der Waals surface area (Å²) in [6.45, 7) is 1.85. The van der Waals surface area contributed by atoms with E-state index >= 15 is 0 Å². The molecule has 5 heteroatoms. The number of benzene rings is 1. The quantitative estimate of drug-likeness (QED) is 0.793. The molecule has 4 rings (SSSR count). The second-order valence-corrected chi connectivity index (χ2v) is 6.26. The van der Waals surface area contributed by atoms with Gasteiger partial charge in [-0.25, -0.2) is 0 Å². The number of nitrogens with zero attached hydrogens (tertiary/aromatic N) is 2. The molecule has 1 aromatic carbocycles. The second kappa shape index (κ2) is 4.18. The summed E-state index contributed by atoms with van der Waals surface area (Å²) in [6.07, 6.45) is 2.05. The van der Waals surface area contributed by atoms with Crippen LogP contribution in [0.1, 0.15) is 17.5 Å². The smallest absolute Gasteiger partial charge is 0.168 e. The minimum absolute atomic E-state index is 0.816. The molecule has 19 heavy (non-hydrogen) atoms. The van der Waals surface area contributed by atoms with Gasteiger partial charge in [0, 0.05) is 22.6 Å². The lowest BCUT2D eigenvalue weighted by Gasteiger charge is -2.25. The van der Waals surface area contributed by atoms with Crippen LogP contribution in [0.4, 0.5) is 0 Å². The highest BCUT2D eigenvalue weighted by Crippen LogP contribution is 2.50. The van der Waals surface area contributed by atoms with Gasteiger partial charge in [0.15, 0.2) is 5.17 Å². The number of hydrogen-bond acceptors (Lipinski definition) is 4. The van der Waals surface area contributed by atoms with Gasteiger partial charge in [-0.1, -0.05) is 23.4 Å². The van der Waals surface area contributed by atoms with Crippen molar-refractivity contribution < 1.29 is 4.74 Å². The standard InChI is InChI=1S/C14H13ClN2OS/c1-18-10-4-3-9(15)12-8(10)2-5-11-13(12)17-7-6-16-14(17)19-11/h3-4H,2,5-7H2,1H3. The summed E-state index contributed by atoms with van der Waals surface area (Å²) in [4.78, 5) is 8.27. The zero-order valence-electron chi connectivity index (χ0n) is 10.6. The lowest BCUT2D eigenvalue weighted by atomic mass is 9.93. The molecule has 0 saturated carbocycles. The van der Waals surface area contributed by atoms with Crippen molar-refractivity contribution in [2.24, 2.45) is 4.99 Å². The predicted molar refractivity (Wildman–Crippen MR) is 79.8 cm³/mol. The van der Waals surface area contributed by atoms with E-state index in [4.69, 9.17) is 16.3 Å². The Morgan fingerprint density at radius 2 is 2.26 bits per heavy atom. The maximum Gasteiger partial charge on any atom is 0.168 e. The van der Waals surface area contributed by atoms with E-state index in [0.717, 1.165) is 47.4 Å². The summed E-state index contributed by atoms with van der Waals surface area (Å²) in [5, 5.41) is 1.95. The van der Waals surface area contributed by atoms with Crippen LogP contribution in [0.2, 0.25) is 5.02 Å². The van der Waals surface area contributed by atoms with E-state index in [2.05, 4.69) is 9.89 Å². The van der Waals surface area contributed by atoms with Crippen LogP contribution < -0.4 is 4.74 Å². The van der Waals surface area contributed by atoms with Gasteiger partial charge in [-0.2, -0.15) is 0 Å². The molecule has 1 aromatic rings. The SMILES string of the molecule is COc1ccc(Cl)c2c1CCC1=C2N2CCN=C2S1. The van der Waals surface area contributed by atoms with Crippen LogP contribution in [0.3, 0.4) is 0 Å². The van der Waals surface area contributed by atoms with Crippen LogP contribution in [-0.4, -0.2) is 30.3 Å². The highest BCUT2D eigenvalue weighted by atomic mass is 35.5. The van der Waals surface area contributed by atoms with Gasteiger partial charge in [0.1, 0.15) is 5.75 Å². The molecule has 0 unspecified atom stereocenters. The number of allylic oxidation sites excluding steroid dienone is 1. The maximum atomic E-state index is 6.46. The molecule has 0 aromatic heterocycles. The number of ether oxygens (including phenoxy) is 1. The fourth-order valence-electron chi connectivity index (χ4n) is 3.01. The number of fused-ring (bicyclic) bond motifs is 4. The van der Waals surface area contributed by atoms with Crippen LogP contribution in [0.25, 0.3) is 5.70 Å². The summed E-state index contributed by atoms with van der Waals surface area (Å²) in [5.41, 5.74) is 3.66. The van der Waals surface area contributed by atoms with E-state index in [1.807, 2.05) is 23.9 Å². The minimum Gasteiger partial charge on any atom is -0.496 e. The Labute approximate surface area is 121 Å². The molecule has 2 aliphatic heterocycles. The largest absolute Gasteiger partial charge is 0.496 e. The van der Waals surface area contributed by atoms with Gasteiger partial charge in [-0.05, 0) is 25.0 Å². The molecule has 0 radical (unpaired) electrons. The molecule has 0 fully saturated rings. The number of rotatable bonds is 1. The molecular formula is C14H13ClN2OS. The molecule has 0 amide bonds. The first-order valence-electron chi connectivity index (χ1n) is 6.38. The van der Waals surface area contributed by atoms with E-state index in [9.17, 15) is 0 Å². The predicted octanol–water partition coefficient (Wildman–Crippen LogP) is 3.38. The van der Waals surface area contributed by atoms with Crippen LogP contribution in [0.5, 0.6) is 5.75 Å². The number of amidine groups is 1. The van der Waals surface area contributed by atoms with Crippen LogP contribution in [0.15, 0.2) is 22.0 Å². The molecule has 3 nitrogen and oxygen atoms in total. The molecular weight excluding hydrogens is 280 g/mol. The lowest BCUT2D eigenvalue weighted by Crippen LogP contribution is -2.22. The van der Waals surface area contributed by atoms with Gasteiger partial charge in [-0.3, -0.25) is 4.99 Å². The van der Waals surface area contributed by atoms with Crippen molar-refractivity contribution in [2.75, 3.05) is 20.2 Å². The molecule has 0 N–H and O–H groups in total. The molecule has 3 aliphatic rings. The van der Waals surface area contributed by atoms with Gasteiger partial charge in [0.05, 0.1) is 24.4 Å². The fraction of sp³-hybridized carbons (Fsp3) is 0.357. The first-order chi connectivity index (χ1) is 9.29. The zero-order chi connectivity index (χ0) is 13.0.